The predicted octanol–water partition coefficient (Wildman–Crippen LogP) is 3.56. The number of nitrogens with zero attached hydrogens (tertiary/aromatic N) is 2. The number of rotatable bonds is 21. The van der Waals surface area contributed by atoms with Gasteiger partial charge in [-0.15, -0.1) is 5.06 Å². The average Bonchev–Trinajstić information content (AvgIpc) is 3.49. The van der Waals surface area contributed by atoms with Gasteiger partial charge in [-0.3, -0.25) is 33.7 Å². The molecule has 3 amide bonds. The largest absolute Gasteiger partial charge is 0.460 e. The standard InChI is InChI=1S/C39H43N3O11/c43-33(19-22-36(46)53-42-34(44)20-21-35(42)45)40-23-11-10-18-32(39(49)52-28-31-16-8-3-9-17-31)41(24-37(47)50-26-29-12-4-1-5-13-29)25-38(48)51-27-30-14-6-2-7-15-30/h1-9,12-17,32H,10-11,18-28H2,(H,40,43). The van der Waals surface area contributed by atoms with Gasteiger partial charge in [0.25, 0.3) is 11.8 Å². The molecule has 14 nitrogen and oxygen atoms in total. The van der Waals surface area contributed by atoms with E-state index in [1.807, 2.05) is 54.6 Å². The minimum Gasteiger partial charge on any atom is -0.460 e. The minimum atomic E-state index is -1.05. The molecular formula is C39H43N3O11. The van der Waals surface area contributed by atoms with Gasteiger partial charge in [-0.2, -0.15) is 0 Å². The number of carbonyl (C=O) groups excluding carboxylic acids is 7. The molecule has 280 valence electrons. The number of hydrogen-bond acceptors (Lipinski definition) is 12. The Hall–Kier alpha value is -5.89. The second kappa shape index (κ2) is 21.5. The van der Waals surface area contributed by atoms with Crippen molar-refractivity contribution in [3.05, 3.63) is 108 Å². The topological polar surface area (TPSA) is 175 Å². The van der Waals surface area contributed by atoms with E-state index in [4.69, 9.17) is 19.0 Å². The molecule has 1 unspecified atom stereocenters. The average molecular weight is 730 g/mol. The molecule has 0 bridgehead atoms. The lowest BCUT2D eigenvalue weighted by atomic mass is 10.1. The number of benzene rings is 3. The Kier molecular flexibility index (Phi) is 16.2. The zero-order valence-corrected chi connectivity index (χ0v) is 29.3. The van der Waals surface area contributed by atoms with Crippen LogP contribution in [0.1, 0.15) is 61.6 Å². The maximum atomic E-state index is 13.6. The van der Waals surface area contributed by atoms with Crippen LogP contribution in [-0.4, -0.2) is 77.2 Å². The van der Waals surface area contributed by atoms with Crippen LogP contribution in [0.2, 0.25) is 0 Å². The SMILES string of the molecule is O=C(CCC(=O)ON1C(=O)CCC1=O)NCCCCC(C(=O)OCc1ccccc1)N(CC(=O)OCc1ccccc1)CC(=O)OCc1ccccc1. The first kappa shape index (κ1) is 39.9. The first-order valence-corrected chi connectivity index (χ1v) is 17.3. The zero-order valence-electron chi connectivity index (χ0n) is 29.3. The van der Waals surface area contributed by atoms with Crippen LogP contribution in [0, 0.1) is 0 Å². The summed E-state index contributed by atoms with van der Waals surface area (Å²) in [4.78, 5) is 93.7. The summed E-state index contributed by atoms with van der Waals surface area (Å²) in [6, 6.07) is 26.2. The van der Waals surface area contributed by atoms with Crippen LogP contribution in [0.25, 0.3) is 0 Å². The molecule has 14 heteroatoms. The molecule has 0 aromatic heterocycles. The second-order valence-electron chi connectivity index (χ2n) is 12.2. The Morgan fingerprint density at radius 2 is 1.09 bits per heavy atom. The molecule has 0 saturated carbocycles. The number of imide groups is 1. The molecule has 0 aliphatic carbocycles. The van der Waals surface area contributed by atoms with Gasteiger partial charge in [0, 0.05) is 25.8 Å². The smallest absolute Gasteiger partial charge is 0.333 e. The maximum Gasteiger partial charge on any atom is 0.333 e. The van der Waals surface area contributed by atoms with Gasteiger partial charge in [-0.1, -0.05) is 91.0 Å². The van der Waals surface area contributed by atoms with Gasteiger partial charge >= 0.3 is 23.9 Å². The van der Waals surface area contributed by atoms with E-state index < -0.39 is 60.7 Å². The molecule has 1 aliphatic heterocycles. The molecule has 1 saturated heterocycles. The van der Waals surface area contributed by atoms with E-state index in [-0.39, 0.29) is 58.5 Å². The van der Waals surface area contributed by atoms with Crippen molar-refractivity contribution in [1.82, 2.24) is 15.3 Å². The van der Waals surface area contributed by atoms with E-state index in [1.54, 1.807) is 36.4 Å². The van der Waals surface area contributed by atoms with Crippen molar-refractivity contribution in [3.63, 3.8) is 0 Å². The van der Waals surface area contributed by atoms with Crippen LogP contribution >= 0.6 is 0 Å². The van der Waals surface area contributed by atoms with Crippen LogP contribution in [-0.2, 0) is 72.4 Å². The molecule has 4 rings (SSSR count). The summed E-state index contributed by atoms with van der Waals surface area (Å²) < 4.78 is 16.6. The summed E-state index contributed by atoms with van der Waals surface area (Å²) in [5, 5.41) is 3.11. The van der Waals surface area contributed by atoms with E-state index >= 15 is 0 Å². The highest BCUT2D eigenvalue weighted by molar-refractivity contribution is 6.01. The third kappa shape index (κ3) is 14.3. The molecule has 1 N–H and O–H groups in total. The number of amides is 3. The number of hydroxylamine groups is 2. The number of unbranched alkanes of at least 4 members (excludes halogenated alkanes) is 1. The highest BCUT2D eigenvalue weighted by Crippen LogP contribution is 2.16. The van der Waals surface area contributed by atoms with Crippen molar-refractivity contribution in [2.75, 3.05) is 19.6 Å². The van der Waals surface area contributed by atoms with E-state index in [9.17, 15) is 33.6 Å². The van der Waals surface area contributed by atoms with Gasteiger partial charge in [-0.05, 0) is 36.0 Å². The molecule has 0 spiro atoms. The fourth-order valence-corrected chi connectivity index (χ4v) is 5.25. The molecule has 1 atom stereocenters. The quantitative estimate of drug-likeness (QED) is 0.0732. The lowest BCUT2D eigenvalue weighted by Gasteiger charge is -2.28. The van der Waals surface area contributed by atoms with Crippen LogP contribution < -0.4 is 5.32 Å². The third-order valence-electron chi connectivity index (χ3n) is 8.07. The van der Waals surface area contributed by atoms with Gasteiger partial charge in [0.1, 0.15) is 25.9 Å². The Balaban J connectivity index is 1.36. The molecule has 1 heterocycles. The van der Waals surface area contributed by atoms with E-state index in [0.29, 0.717) is 17.9 Å². The van der Waals surface area contributed by atoms with Crippen molar-refractivity contribution in [2.45, 2.75) is 70.8 Å². The van der Waals surface area contributed by atoms with Crippen LogP contribution in [0.4, 0.5) is 0 Å². The monoisotopic (exact) mass is 729 g/mol. The van der Waals surface area contributed by atoms with Crippen molar-refractivity contribution in [1.29, 1.82) is 0 Å². The molecule has 3 aromatic carbocycles. The molecule has 3 aromatic rings. The van der Waals surface area contributed by atoms with E-state index in [2.05, 4.69) is 5.32 Å². The molecule has 0 radical (unpaired) electrons. The van der Waals surface area contributed by atoms with Gasteiger partial charge in [0.2, 0.25) is 5.91 Å². The summed E-state index contributed by atoms with van der Waals surface area (Å²) >= 11 is 0. The molecular weight excluding hydrogens is 686 g/mol. The normalized spacial score (nSPS) is 13.0. The molecule has 1 aliphatic rings. The molecule has 53 heavy (non-hydrogen) atoms. The lowest BCUT2D eigenvalue weighted by Crippen LogP contribution is -2.47. The summed E-state index contributed by atoms with van der Waals surface area (Å²) in [7, 11) is 0. The highest BCUT2D eigenvalue weighted by atomic mass is 16.7. The fourth-order valence-electron chi connectivity index (χ4n) is 5.25. The first-order chi connectivity index (χ1) is 25.7. The van der Waals surface area contributed by atoms with Crippen molar-refractivity contribution < 1.29 is 52.6 Å². The summed E-state index contributed by atoms with van der Waals surface area (Å²) in [6.45, 7) is -0.637. The van der Waals surface area contributed by atoms with Gasteiger partial charge in [-0.25, -0.2) is 4.79 Å². The Morgan fingerprint density at radius 1 is 0.623 bits per heavy atom. The number of esters is 3. The van der Waals surface area contributed by atoms with Gasteiger partial charge in [0.05, 0.1) is 19.5 Å². The minimum absolute atomic E-state index is 0.00100. The van der Waals surface area contributed by atoms with E-state index in [0.717, 1.165) is 16.7 Å². The Morgan fingerprint density at radius 3 is 1.58 bits per heavy atom. The summed E-state index contributed by atoms with van der Waals surface area (Å²) in [5.74, 6) is -4.53. The number of hydrogen-bond donors (Lipinski definition) is 1. The molecule has 1 fully saturated rings. The van der Waals surface area contributed by atoms with Crippen LogP contribution in [0.15, 0.2) is 91.0 Å². The zero-order chi connectivity index (χ0) is 37.8. The van der Waals surface area contributed by atoms with Crippen molar-refractivity contribution in [3.8, 4) is 0 Å². The predicted molar refractivity (Wildman–Crippen MR) is 187 cm³/mol. The number of carbonyl (C=O) groups is 7. The van der Waals surface area contributed by atoms with Crippen LogP contribution in [0.5, 0.6) is 0 Å². The first-order valence-electron chi connectivity index (χ1n) is 17.3. The highest BCUT2D eigenvalue weighted by Gasteiger charge is 2.33. The van der Waals surface area contributed by atoms with Crippen molar-refractivity contribution >= 4 is 41.6 Å². The van der Waals surface area contributed by atoms with Crippen molar-refractivity contribution in [2.24, 2.45) is 0 Å². The Labute approximate surface area is 307 Å². The summed E-state index contributed by atoms with van der Waals surface area (Å²) in [5.41, 5.74) is 2.29. The fraction of sp³-hybridized carbons (Fsp3) is 0.359. The van der Waals surface area contributed by atoms with Crippen LogP contribution in [0.3, 0.4) is 0 Å². The number of nitrogens with one attached hydrogen (secondary N) is 1. The Bertz CT molecular complexity index is 1610. The third-order valence-corrected chi connectivity index (χ3v) is 8.07. The number of ether oxygens (including phenoxy) is 3. The maximum absolute atomic E-state index is 13.6. The van der Waals surface area contributed by atoms with Gasteiger partial charge in [0.15, 0.2) is 0 Å². The van der Waals surface area contributed by atoms with E-state index in [1.165, 1.54) is 4.90 Å². The summed E-state index contributed by atoms with van der Waals surface area (Å²) in [6.07, 6.45) is 0.299. The van der Waals surface area contributed by atoms with Gasteiger partial charge < -0.3 is 24.4 Å². The second-order valence-corrected chi connectivity index (χ2v) is 12.2. The lowest BCUT2D eigenvalue weighted by molar-refractivity contribution is -0.197.